The highest BCUT2D eigenvalue weighted by atomic mass is 32.1. The summed E-state index contributed by atoms with van der Waals surface area (Å²) in [6.45, 7) is 0.511. The predicted molar refractivity (Wildman–Crippen MR) is 65.3 cm³/mol. The van der Waals surface area contributed by atoms with Crippen LogP contribution in [0.25, 0.3) is 0 Å². The Balaban J connectivity index is 2.07. The maximum Gasteiger partial charge on any atom is 0.304 e. The molecule has 0 saturated carbocycles. The molecule has 2 aromatic heterocycles. The number of hydrogen-bond acceptors (Lipinski definition) is 7. The summed E-state index contributed by atoms with van der Waals surface area (Å²) < 4.78 is 9.07. The Morgan fingerprint density at radius 1 is 1.69 bits per heavy atom. The van der Waals surface area contributed by atoms with Crippen molar-refractivity contribution < 1.29 is 4.74 Å². The molecule has 2 heterocycles. The number of nitrogen functional groups attached to an aromatic ring is 1. The van der Waals surface area contributed by atoms with Crippen molar-refractivity contribution in [3.05, 3.63) is 20.7 Å². The molecule has 0 unspecified atom stereocenters. The zero-order valence-corrected chi connectivity index (χ0v) is 10.1. The third-order valence-electron chi connectivity index (χ3n) is 1.89. The predicted octanol–water partition coefficient (Wildman–Crippen LogP) is 1.10. The van der Waals surface area contributed by atoms with Gasteiger partial charge in [-0.25, -0.2) is 0 Å². The zero-order chi connectivity index (χ0) is 11.5. The molecule has 8 heteroatoms. The molecule has 0 aromatic carbocycles. The fourth-order valence-electron chi connectivity index (χ4n) is 1.18. The Bertz CT molecular complexity index is 530. The number of nitrogens with one attached hydrogen (secondary N) is 2. The number of hydrogen-bond donors (Lipinski definition) is 3. The molecule has 0 fully saturated rings. The molecule has 0 aliphatic rings. The van der Waals surface area contributed by atoms with E-state index in [9.17, 15) is 4.79 Å². The van der Waals surface area contributed by atoms with Gasteiger partial charge in [-0.2, -0.15) is 4.37 Å². The van der Waals surface area contributed by atoms with Gasteiger partial charge in [0.2, 0.25) is 0 Å². The largest absolute Gasteiger partial charge is 0.490 e. The van der Waals surface area contributed by atoms with Crippen molar-refractivity contribution >= 4 is 33.7 Å². The summed E-state index contributed by atoms with van der Waals surface area (Å²) in [6.07, 6.45) is 0. The van der Waals surface area contributed by atoms with Gasteiger partial charge in [-0.1, -0.05) is 11.3 Å². The van der Waals surface area contributed by atoms with E-state index in [4.69, 9.17) is 10.5 Å². The lowest BCUT2D eigenvalue weighted by atomic mass is 10.4. The van der Waals surface area contributed by atoms with Crippen LogP contribution in [0.15, 0.2) is 10.2 Å². The topological polar surface area (TPSA) is 93.0 Å². The van der Waals surface area contributed by atoms with Crippen molar-refractivity contribution in [2.75, 3.05) is 18.2 Å². The maximum absolute atomic E-state index is 10.9. The minimum absolute atomic E-state index is 0.0624. The first-order valence-corrected chi connectivity index (χ1v) is 6.05. The Morgan fingerprint density at radius 3 is 3.12 bits per heavy atom. The first-order chi connectivity index (χ1) is 7.70. The molecule has 16 heavy (non-hydrogen) atoms. The van der Waals surface area contributed by atoms with Crippen molar-refractivity contribution in [2.24, 2.45) is 0 Å². The number of aromatic amines is 1. The minimum Gasteiger partial charge on any atom is -0.490 e. The van der Waals surface area contributed by atoms with Gasteiger partial charge in [0, 0.05) is 11.1 Å². The van der Waals surface area contributed by atoms with Gasteiger partial charge in [-0.05, 0) is 11.5 Å². The highest BCUT2D eigenvalue weighted by Gasteiger charge is 2.11. The van der Waals surface area contributed by atoms with E-state index >= 15 is 0 Å². The first-order valence-electron chi connectivity index (χ1n) is 4.40. The molecule has 86 valence electrons. The average Bonchev–Trinajstić information content (AvgIpc) is 2.82. The lowest BCUT2D eigenvalue weighted by Gasteiger charge is -2.04. The van der Waals surface area contributed by atoms with Gasteiger partial charge in [0.25, 0.3) is 0 Å². The van der Waals surface area contributed by atoms with E-state index in [0.29, 0.717) is 18.1 Å². The number of rotatable bonds is 4. The van der Waals surface area contributed by atoms with Crippen LogP contribution in [0, 0.1) is 0 Å². The molecule has 0 saturated heterocycles. The molecule has 2 aromatic rings. The normalized spacial score (nSPS) is 10.3. The third kappa shape index (κ3) is 2.17. The fraction of sp³-hybridized carbons (Fsp3) is 0.250. The standard InChI is InChI=1S/C8H10N4O2S2/c1-14-5-6(9)12-16-7(5)10-2-4-3-15-8(13)11-4/h3,10H,2H2,1H3,(H2,9,12)(H,11,13). The number of anilines is 2. The fourth-order valence-corrected chi connectivity index (χ4v) is 2.44. The molecule has 0 aliphatic carbocycles. The molecule has 0 spiro atoms. The van der Waals surface area contributed by atoms with Crippen LogP contribution in [-0.4, -0.2) is 16.5 Å². The summed E-state index contributed by atoms with van der Waals surface area (Å²) in [6, 6.07) is 0. The number of ether oxygens (including phenoxy) is 1. The summed E-state index contributed by atoms with van der Waals surface area (Å²) >= 11 is 2.36. The summed E-state index contributed by atoms with van der Waals surface area (Å²) in [5.41, 5.74) is 6.43. The molecule has 2 rings (SSSR count). The Morgan fingerprint density at radius 2 is 2.50 bits per heavy atom. The average molecular weight is 258 g/mol. The summed E-state index contributed by atoms with van der Waals surface area (Å²) in [4.78, 5) is 13.6. The van der Waals surface area contributed by atoms with Crippen molar-refractivity contribution in [1.82, 2.24) is 9.36 Å². The van der Waals surface area contributed by atoms with E-state index in [1.54, 1.807) is 5.38 Å². The number of nitrogens with two attached hydrogens (primary N) is 1. The molecule has 0 bridgehead atoms. The maximum atomic E-state index is 10.9. The van der Waals surface area contributed by atoms with Crippen LogP contribution >= 0.6 is 22.9 Å². The molecule has 0 radical (unpaired) electrons. The monoisotopic (exact) mass is 258 g/mol. The highest BCUT2D eigenvalue weighted by Crippen LogP contribution is 2.34. The number of H-pyrrole nitrogens is 1. The van der Waals surface area contributed by atoms with Crippen LogP contribution in [0.3, 0.4) is 0 Å². The molecule has 0 atom stereocenters. The smallest absolute Gasteiger partial charge is 0.304 e. The lowest BCUT2D eigenvalue weighted by molar-refractivity contribution is 0.419. The number of aromatic nitrogens is 2. The third-order valence-corrected chi connectivity index (χ3v) is 3.41. The van der Waals surface area contributed by atoms with Crippen LogP contribution in [0.4, 0.5) is 10.8 Å². The van der Waals surface area contributed by atoms with E-state index in [0.717, 1.165) is 22.0 Å². The number of thiazole rings is 1. The molecular weight excluding hydrogens is 248 g/mol. The van der Waals surface area contributed by atoms with Crippen molar-refractivity contribution in [2.45, 2.75) is 6.54 Å². The highest BCUT2D eigenvalue weighted by molar-refractivity contribution is 7.11. The van der Waals surface area contributed by atoms with E-state index in [1.165, 1.54) is 18.6 Å². The summed E-state index contributed by atoms with van der Waals surface area (Å²) in [7, 11) is 1.54. The van der Waals surface area contributed by atoms with Crippen molar-refractivity contribution in [1.29, 1.82) is 0 Å². The van der Waals surface area contributed by atoms with Gasteiger partial charge in [0.05, 0.1) is 13.7 Å². The van der Waals surface area contributed by atoms with Gasteiger partial charge in [0.1, 0.15) is 0 Å². The van der Waals surface area contributed by atoms with Crippen LogP contribution < -0.4 is 20.7 Å². The van der Waals surface area contributed by atoms with Gasteiger partial charge in [-0.15, -0.1) is 0 Å². The van der Waals surface area contributed by atoms with Crippen LogP contribution in [0.2, 0.25) is 0 Å². The molecule has 6 nitrogen and oxygen atoms in total. The van der Waals surface area contributed by atoms with Crippen LogP contribution in [0.5, 0.6) is 5.75 Å². The van der Waals surface area contributed by atoms with Gasteiger partial charge < -0.3 is 20.8 Å². The van der Waals surface area contributed by atoms with Gasteiger partial charge in [-0.3, -0.25) is 4.79 Å². The van der Waals surface area contributed by atoms with Crippen molar-refractivity contribution in [3.8, 4) is 5.75 Å². The molecule has 0 amide bonds. The minimum atomic E-state index is -0.0624. The van der Waals surface area contributed by atoms with E-state index < -0.39 is 0 Å². The molecule has 4 N–H and O–H groups in total. The van der Waals surface area contributed by atoms with Crippen LogP contribution in [0.1, 0.15) is 5.69 Å². The number of methoxy groups -OCH3 is 1. The van der Waals surface area contributed by atoms with Crippen molar-refractivity contribution in [3.63, 3.8) is 0 Å². The zero-order valence-electron chi connectivity index (χ0n) is 8.44. The quantitative estimate of drug-likeness (QED) is 0.763. The second-order valence-corrected chi connectivity index (χ2v) is 4.57. The SMILES string of the molecule is COc1c(N)nsc1NCc1csc(=O)[nH]1. The Hall–Kier alpha value is -1.54. The number of nitrogens with zero attached hydrogens (tertiary/aromatic N) is 1. The van der Waals surface area contributed by atoms with E-state index in [2.05, 4.69) is 14.7 Å². The second kappa shape index (κ2) is 4.54. The lowest BCUT2D eigenvalue weighted by Crippen LogP contribution is -2.02. The molecular formula is C8H10N4O2S2. The van der Waals surface area contributed by atoms with Gasteiger partial charge in [0.15, 0.2) is 16.6 Å². The Kier molecular flexibility index (Phi) is 3.11. The summed E-state index contributed by atoms with van der Waals surface area (Å²) in [5, 5.41) is 5.63. The second-order valence-electron chi connectivity index (χ2n) is 2.96. The van der Waals surface area contributed by atoms with Gasteiger partial charge >= 0.3 is 4.87 Å². The Labute approximate surface area is 99.2 Å². The summed E-state index contributed by atoms with van der Waals surface area (Å²) in [5.74, 6) is 0.913. The van der Waals surface area contributed by atoms with E-state index in [-0.39, 0.29) is 4.87 Å². The molecule has 0 aliphatic heterocycles. The first kappa shape index (κ1) is 11.0. The van der Waals surface area contributed by atoms with Crippen LogP contribution in [-0.2, 0) is 6.54 Å². The van der Waals surface area contributed by atoms with E-state index in [1.807, 2.05) is 0 Å².